The van der Waals surface area contributed by atoms with Gasteiger partial charge in [-0.1, -0.05) is 24.3 Å². The summed E-state index contributed by atoms with van der Waals surface area (Å²) in [5.74, 6) is 0.474. The fourth-order valence-electron chi connectivity index (χ4n) is 1.98. The van der Waals surface area contributed by atoms with E-state index in [-0.39, 0.29) is 29.2 Å². The van der Waals surface area contributed by atoms with Crippen LogP contribution in [-0.2, 0) is 22.3 Å². The van der Waals surface area contributed by atoms with Crippen LogP contribution < -0.4 is 0 Å². The van der Waals surface area contributed by atoms with E-state index in [9.17, 15) is 10.2 Å². The molecule has 124 valence electrons. The van der Waals surface area contributed by atoms with Crippen LogP contribution in [-0.4, -0.2) is 27.9 Å². The predicted octanol–water partition coefficient (Wildman–Crippen LogP) is 3.39. The van der Waals surface area contributed by atoms with Crippen molar-refractivity contribution in [3.8, 4) is 11.5 Å². The van der Waals surface area contributed by atoms with Gasteiger partial charge in [-0.05, 0) is 35.4 Å². The fraction of sp³-hybridized carbons (Fsp3) is 0.294. The van der Waals surface area contributed by atoms with Gasteiger partial charge in [-0.2, -0.15) is 0 Å². The van der Waals surface area contributed by atoms with Crippen LogP contribution >= 0.6 is 25.3 Å². The van der Waals surface area contributed by atoms with Crippen LogP contribution in [0.1, 0.15) is 11.1 Å². The van der Waals surface area contributed by atoms with Gasteiger partial charge in [0.25, 0.3) is 0 Å². The molecule has 23 heavy (non-hydrogen) atoms. The number of phenols is 2. The van der Waals surface area contributed by atoms with Gasteiger partial charge in [-0.3, -0.25) is 0 Å². The lowest BCUT2D eigenvalue weighted by atomic mass is 10.1. The van der Waals surface area contributed by atoms with Crippen LogP contribution in [0.3, 0.4) is 0 Å². The molecule has 0 aliphatic heterocycles. The van der Waals surface area contributed by atoms with E-state index >= 15 is 0 Å². The van der Waals surface area contributed by atoms with E-state index in [2.05, 4.69) is 25.3 Å². The van der Waals surface area contributed by atoms with E-state index in [0.717, 1.165) is 11.1 Å². The summed E-state index contributed by atoms with van der Waals surface area (Å²) in [5.41, 5.74) is 1.45. The Morgan fingerprint density at radius 1 is 0.696 bits per heavy atom. The van der Waals surface area contributed by atoms with Crippen molar-refractivity contribution in [2.24, 2.45) is 0 Å². The normalized spacial score (nSPS) is 13.7. The summed E-state index contributed by atoms with van der Waals surface area (Å²) in [7, 11) is 0. The first-order chi connectivity index (χ1) is 11.0. The Hall–Kier alpha value is -1.34. The number of rotatable bonds is 8. The predicted molar refractivity (Wildman–Crippen MR) is 96.2 cm³/mol. The van der Waals surface area contributed by atoms with Gasteiger partial charge in [0.15, 0.2) is 0 Å². The molecule has 0 heterocycles. The first-order valence-electron chi connectivity index (χ1n) is 7.18. The van der Waals surface area contributed by atoms with Gasteiger partial charge in [0.05, 0.1) is 0 Å². The van der Waals surface area contributed by atoms with Crippen LogP contribution in [0.25, 0.3) is 0 Å². The second-order valence-electron chi connectivity index (χ2n) is 5.10. The molecule has 0 aliphatic carbocycles. The summed E-state index contributed by atoms with van der Waals surface area (Å²) in [6, 6.07) is 13.8. The van der Waals surface area contributed by atoms with E-state index in [0.29, 0.717) is 12.8 Å². The molecule has 0 aromatic heterocycles. The zero-order valence-corrected chi connectivity index (χ0v) is 14.3. The maximum absolute atomic E-state index is 9.24. The SMILES string of the molecule is Oc1ccc(CC(S)OCOC(S)Cc2ccc(O)cc2)cc1. The average Bonchev–Trinajstić information content (AvgIpc) is 2.52. The van der Waals surface area contributed by atoms with Gasteiger partial charge < -0.3 is 19.7 Å². The van der Waals surface area contributed by atoms with E-state index in [4.69, 9.17) is 9.47 Å². The van der Waals surface area contributed by atoms with Crippen molar-refractivity contribution in [1.82, 2.24) is 0 Å². The van der Waals surface area contributed by atoms with Gasteiger partial charge >= 0.3 is 0 Å². The highest BCUT2D eigenvalue weighted by Crippen LogP contribution is 2.16. The van der Waals surface area contributed by atoms with Gasteiger partial charge in [0.2, 0.25) is 0 Å². The molecule has 2 N–H and O–H groups in total. The Morgan fingerprint density at radius 2 is 1.04 bits per heavy atom. The number of aromatic hydroxyl groups is 2. The third-order valence-corrected chi connectivity index (χ3v) is 3.88. The Kier molecular flexibility index (Phi) is 7.11. The van der Waals surface area contributed by atoms with E-state index < -0.39 is 0 Å². The molecule has 2 aromatic carbocycles. The molecule has 4 nitrogen and oxygen atoms in total. The summed E-state index contributed by atoms with van der Waals surface area (Å²) < 4.78 is 11.0. The minimum absolute atomic E-state index is 0.0957. The molecule has 2 atom stereocenters. The molecule has 2 rings (SSSR count). The summed E-state index contributed by atoms with van der Waals surface area (Å²) in [5, 5.41) is 18.5. The number of thiol groups is 2. The number of benzene rings is 2. The van der Waals surface area contributed by atoms with Crippen molar-refractivity contribution in [2.75, 3.05) is 6.79 Å². The van der Waals surface area contributed by atoms with Crippen molar-refractivity contribution in [1.29, 1.82) is 0 Å². The number of ether oxygens (including phenoxy) is 2. The van der Waals surface area contributed by atoms with Gasteiger partial charge in [-0.15, -0.1) is 25.3 Å². The van der Waals surface area contributed by atoms with E-state index in [1.54, 1.807) is 24.3 Å². The summed E-state index contributed by atoms with van der Waals surface area (Å²) in [6.07, 6.45) is 1.23. The fourth-order valence-corrected chi connectivity index (χ4v) is 2.52. The smallest absolute Gasteiger partial charge is 0.149 e. The maximum Gasteiger partial charge on any atom is 0.149 e. The second kappa shape index (κ2) is 9.08. The molecule has 0 saturated heterocycles. The quantitative estimate of drug-likeness (QED) is 0.434. The lowest BCUT2D eigenvalue weighted by Crippen LogP contribution is -2.16. The molecule has 2 aromatic rings. The highest BCUT2D eigenvalue weighted by molar-refractivity contribution is 7.80. The molecule has 0 bridgehead atoms. The second-order valence-corrected chi connectivity index (χ2v) is 6.25. The maximum atomic E-state index is 9.24. The zero-order chi connectivity index (χ0) is 16.7. The lowest BCUT2D eigenvalue weighted by molar-refractivity contribution is -0.0711. The summed E-state index contributed by atoms with van der Waals surface area (Å²) in [6.45, 7) is 0.0957. The Labute approximate surface area is 146 Å². The van der Waals surface area contributed by atoms with Crippen molar-refractivity contribution in [3.63, 3.8) is 0 Å². The molecule has 0 spiro atoms. The van der Waals surface area contributed by atoms with Crippen LogP contribution in [0.2, 0.25) is 0 Å². The van der Waals surface area contributed by atoms with E-state index in [1.807, 2.05) is 24.3 Å². The van der Waals surface area contributed by atoms with Crippen molar-refractivity contribution >= 4 is 25.3 Å². The Bertz CT molecular complexity index is 533. The third-order valence-electron chi connectivity index (χ3n) is 3.21. The van der Waals surface area contributed by atoms with Gasteiger partial charge in [0.1, 0.15) is 29.2 Å². The third kappa shape index (κ3) is 6.74. The number of hydrogen-bond donors (Lipinski definition) is 4. The molecule has 2 unspecified atom stereocenters. The molecular formula is C17H20O4S2. The topological polar surface area (TPSA) is 58.9 Å². The monoisotopic (exact) mass is 352 g/mol. The van der Waals surface area contributed by atoms with E-state index in [1.165, 1.54) is 0 Å². The van der Waals surface area contributed by atoms with Gasteiger partial charge in [0, 0.05) is 12.8 Å². The van der Waals surface area contributed by atoms with Crippen LogP contribution in [0.4, 0.5) is 0 Å². The molecular weight excluding hydrogens is 332 g/mol. The van der Waals surface area contributed by atoms with Crippen molar-refractivity contribution in [2.45, 2.75) is 23.7 Å². The minimum atomic E-state index is -0.297. The first-order valence-corrected chi connectivity index (χ1v) is 8.21. The number of phenolic OH excluding ortho intramolecular Hbond substituents is 2. The lowest BCUT2D eigenvalue weighted by Gasteiger charge is -2.16. The molecule has 6 heteroatoms. The Balaban J connectivity index is 1.67. The molecule has 0 saturated carbocycles. The Morgan fingerprint density at radius 3 is 1.39 bits per heavy atom. The molecule has 0 amide bonds. The molecule has 0 radical (unpaired) electrons. The van der Waals surface area contributed by atoms with Crippen molar-refractivity contribution < 1.29 is 19.7 Å². The largest absolute Gasteiger partial charge is 0.508 e. The first kappa shape index (κ1) is 18.0. The molecule has 0 fully saturated rings. The highest BCUT2D eigenvalue weighted by atomic mass is 32.1. The van der Waals surface area contributed by atoms with Crippen LogP contribution in [0.5, 0.6) is 11.5 Å². The van der Waals surface area contributed by atoms with Gasteiger partial charge in [-0.25, -0.2) is 0 Å². The average molecular weight is 352 g/mol. The summed E-state index contributed by atoms with van der Waals surface area (Å²) >= 11 is 8.73. The minimum Gasteiger partial charge on any atom is -0.508 e. The molecule has 0 aliphatic rings. The highest BCUT2D eigenvalue weighted by Gasteiger charge is 2.08. The number of hydrogen-bond acceptors (Lipinski definition) is 6. The standard InChI is InChI=1S/C17H20O4S2/c18-14-5-1-12(2-6-14)9-16(22)20-11-21-17(23)10-13-3-7-15(19)8-4-13/h1-8,16-19,22-23H,9-11H2. The van der Waals surface area contributed by atoms with Crippen LogP contribution in [0.15, 0.2) is 48.5 Å². The van der Waals surface area contributed by atoms with Crippen molar-refractivity contribution in [3.05, 3.63) is 59.7 Å². The van der Waals surface area contributed by atoms with Crippen LogP contribution in [0, 0.1) is 0 Å². The summed E-state index contributed by atoms with van der Waals surface area (Å²) in [4.78, 5) is 0. The zero-order valence-electron chi connectivity index (χ0n) is 12.5.